The summed E-state index contributed by atoms with van der Waals surface area (Å²) < 4.78 is 0. The Morgan fingerprint density at radius 1 is 1.19 bits per heavy atom. The molecule has 142 valence electrons. The van der Waals surface area contributed by atoms with Gasteiger partial charge in [0.15, 0.2) is 0 Å². The summed E-state index contributed by atoms with van der Waals surface area (Å²) in [5, 5.41) is 14.9. The normalized spacial score (nSPS) is 25.3. The largest absolute Gasteiger partial charge is 0.508 e. The molecule has 0 radical (unpaired) electrons. The van der Waals surface area contributed by atoms with Gasteiger partial charge in [-0.15, -0.1) is 0 Å². The van der Waals surface area contributed by atoms with Crippen LogP contribution in [-0.4, -0.2) is 53.7 Å². The molecule has 2 aliphatic heterocycles. The summed E-state index contributed by atoms with van der Waals surface area (Å²) in [6.07, 6.45) is 9.24. The Balaban J connectivity index is 1.56. The third-order valence-electron chi connectivity index (χ3n) is 5.35. The fraction of sp³-hybridized carbons (Fsp3) is 0.400. The Morgan fingerprint density at radius 2 is 2.07 bits per heavy atom. The first-order valence-electron chi connectivity index (χ1n) is 9.39. The van der Waals surface area contributed by atoms with Crippen LogP contribution < -0.4 is 15.5 Å². The molecule has 2 heterocycles. The predicted molar refractivity (Wildman–Crippen MR) is 102 cm³/mol. The Morgan fingerprint density at radius 3 is 2.78 bits per heavy atom. The average Bonchev–Trinajstić information content (AvgIpc) is 2.99. The van der Waals surface area contributed by atoms with Crippen LogP contribution in [0.4, 0.5) is 10.5 Å². The zero-order chi connectivity index (χ0) is 18.8. The molecule has 3 aliphatic rings. The quantitative estimate of drug-likeness (QED) is 0.705. The predicted octanol–water partition coefficient (Wildman–Crippen LogP) is 1.71. The first-order chi connectivity index (χ1) is 13.1. The van der Waals surface area contributed by atoms with Gasteiger partial charge in [-0.2, -0.15) is 0 Å². The summed E-state index contributed by atoms with van der Waals surface area (Å²) in [6.45, 7) is 2.40. The number of amides is 3. The second kappa shape index (κ2) is 7.34. The van der Waals surface area contributed by atoms with Crippen LogP contribution in [0.25, 0.3) is 0 Å². The van der Waals surface area contributed by atoms with E-state index < -0.39 is 12.1 Å². The number of imide groups is 1. The highest BCUT2D eigenvalue weighted by Gasteiger charge is 2.36. The van der Waals surface area contributed by atoms with Crippen molar-refractivity contribution in [1.29, 1.82) is 0 Å². The molecule has 3 N–H and O–H groups in total. The summed E-state index contributed by atoms with van der Waals surface area (Å²) >= 11 is 0. The van der Waals surface area contributed by atoms with E-state index in [9.17, 15) is 14.7 Å². The molecule has 3 amide bonds. The number of nitrogens with one attached hydrogen (secondary N) is 2. The molecule has 0 aromatic heterocycles. The second-order valence-electron chi connectivity index (χ2n) is 7.17. The lowest BCUT2D eigenvalue weighted by Gasteiger charge is -2.45. The van der Waals surface area contributed by atoms with Crippen molar-refractivity contribution in [3.8, 4) is 5.75 Å². The molecule has 27 heavy (non-hydrogen) atoms. The number of carbonyl (C=O) groups excluding carboxylic acids is 2. The number of benzene rings is 1. The van der Waals surface area contributed by atoms with Crippen molar-refractivity contribution < 1.29 is 14.7 Å². The summed E-state index contributed by atoms with van der Waals surface area (Å²) in [4.78, 5) is 28.1. The van der Waals surface area contributed by atoms with E-state index in [1.54, 1.807) is 12.1 Å². The maximum absolute atomic E-state index is 12.0. The van der Waals surface area contributed by atoms with E-state index in [0.29, 0.717) is 6.42 Å². The van der Waals surface area contributed by atoms with Gasteiger partial charge in [0.1, 0.15) is 11.8 Å². The molecular formula is C20H24N4O3. The number of carbonyl (C=O) groups is 2. The van der Waals surface area contributed by atoms with E-state index in [4.69, 9.17) is 0 Å². The van der Waals surface area contributed by atoms with Gasteiger partial charge in [-0.3, -0.25) is 10.1 Å². The maximum Gasteiger partial charge on any atom is 0.322 e. The number of anilines is 1. The first-order valence-corrected chi connectivity index (χ1v) is 9.39. The van der Waals surface area contributed by atoms with E-state index in [2.05, 4.69) is 38.7 Å². The van der Waals surface area contributed by atoms with Crippen LogP contribution in [0.5, 0.6) is 5.75 Å². The van der Waals surface area contributed by atoms with E-state index in [0.717, 1.165) is 38.2 Å². The number of rotatable bonds is 4. The highest BCUT2D eigenvalue weighted by molar-refractivity contribution is 6.04. The van der Waals surface area contributed by atoms with Gasteiger partial charge in [0, 0.05) is 43.1 Å². The summed E-state index contributed by atoms with van der Waals surface area (Å²) in [7, 11) is 0. The number of phenolic OH excluding ortho intramolecular Hbond substituents is 1. The molecular weight excluding hydrogens is 344 g/mol. The van der Waals surface area contributed by atoms with Crippen LogP contribution in [0.1, 0.15) is 19.3 Å². The molecule has 4 rings (SSSR count). The van der Waals surface area contributed by atoms with Gasteiger partial charge >= 0.3 is 6.03 Å². The van der Waals surface area contributed by atoms with Gasteiger partial charge in [-0.25, -0.2) is 4.79 Å². The Kier molecular flexibility index (Phi) is 4.75. The Bertz CT molecular complexity index is 804. The molecule has 1 aromatic carbocycles. The van der Waals surface area contributed by atoms with Crippen molar-refractivity contribution >= 4 is 17.6 Å². The fourth-order valence-electron chi connectivity index (χ4n) is 4.03. The van der Waals surface area contributed by atoms with Gasteiger partial charge in [0.2, 0.25) is 0 Å². The number of aromatic hydroxyl groups is 1. The van der Waals surface area contributed by atoms with Crippen LogP contribution in [-0.2, 0) is 4.79 Å². The van der Waals surface area contributed by atoms with E-state index in [-0.39, 0.29) is 17.7 Å². The number of hydrogen-bond donors (Lipinski definition) is 3. The monoisotopic (exact) mass is 368 g/mol. The van der Waals surface area contributed by atoms with Gasteiger partial charge in [0.25, 0.3) is 5.91 Å². The van der Waals surface area contributed by atoms with Crippen molar-refractivity contribution in [3.05, 3.63) is 48.2 Å². The van der Waals surface area contributed by atoms with Crippen molar-refractivity contribution in [2.24, 2.45) is 0 Å². The molecule has 1 aliphatic carbocycles. The zero-order valence-corrected chi connectivity index (χ0v) is 15.1. The lowest BCUT2D eigenvalue weighted by atomic mass is 10.00. The van der Waals surface area contributed by atoms with Gasteiger partial charge < -0.3 is 20.2 Å². The minimum atomic E-state index is -0.530. The number of urea groups is 1. The third-order valence-corrected chi connectivity index (χ3v) is 5.35. The van der Waals surface area contributed by atoms with Gasteiger partial charge in [-0.05, 0) is 37.5 Å². The number of piperazine rings is 1. The molecule has 7 heteroatoms. The van der Waals surface area contributed by atoms with E-state index in [1.807, 2.05) is 12.1 Å². The lowest BCUT2D eigenvalue weighted by Crippen LogP contribution is -2.55. The van der Waals surface area contributed by atoms with Gasteiger partial charge in [-0.1, -0.05) is 18.2 Å². The smallest absolute Gasteiger partial charge is 0.322 e. The molecule has 0 saturated carbocycles. The molecule has 1 aromatic rings. The van der Waals surface area contributed by atoms with Crippen LogP contribution in [0, 0.1) is 0 Å². The number of hydrogen-bond acceptors (Lipinski definition) is 5. The molecule has 0 spiro atoms. The van der Waals surface area contributed by atoms with E-state index in [1.165, 1.54) is 5.70 Å². The fourth-order valence-corrected chi connectivity index (χ4v) is 4.03. The minimum Gasteiger partial charge on any atom is -0.508 e. The summed E-state index contributed by atoms with van der Waals surface area (Å²) in [5.74, 6) is -0.0525. The van der Waals surface area contributed by atoms with Crippen molar-refractivity contribution in [1.82, 2.24) is 15.5 Å². The molecule has 2 fully saturated rings. The zero-order valence-electron chi connectivity index (χ0n) is 15.1. The topological polar surface area (TPSA) is 84.9 Å². The lowest BCUT2D eigenvalue weighted by molar-refractivity contribution is -0.120. The molecule has 2 saturated heterocycles. The Hall–Kier alpha value is -2.96. The standard InChI is InChI=1S/C20H24N4O3/c25-17-8-4-7-15(11-17)24-10-9-23(14-5-2-1-3-6-14)13-16(24)12-18-19(26)22-20(27)21-18/h2,4-8,11,16,18,25H,1,3,9-10,12-13H2,(H2,21,22,26,27). The van der Waals surface area contributed by atoms with Crippen LogP contribution in [0.2, 0.25) is 0 Å². The highest BCUT2D eigenvalue weighted by atomic mass is 16.3. The van der Waals surface area contributed by atoms with Crippen LogP contribution >= 0.6 is 0 Å². The molecule has 0 bridgehead atoms. The van der Waals surface area contributed by atoms with Crippen molar-refractivity contribution in [2.75, 3.05) is 24.5 Å². The first kappa shape index (κ1) is 17.5. The maximum atomic E-state index is 12.0. The SMILES string of the molecule is O=C1NC(=O)C(CC2CN(C3=CCCC=C3)CCN2c2cccc(O)c2)N1. The van der Waals surface area contributed by atoms with Gasteiger partial charge in [0.05, 0.1) is 0 Å². The minimum absolute atomic E-state index is 0.0333. The molecule has 2 atom stereocenters. The number of phenols is 1. The Labute approximate surface area is 158 Å². The average molecular weight is 368 g/mol. The van der Waals surface area contributed by atoms with E-state index >= 15 is 0 Å². The molecule has 7 nitrogen and oxygen atoms in total. The van der Waals surface area contributed by atoms with Crippen LogP contribution in [0.15, 0.2) is 48.2 Å². The number of allylic oxidation sites excluding steroid dienone is 3. The van der Waals surface area contributed by atoms with Crippen LogP contribution in [0.3, 0.4) is 0 Å². The number of nitrogens with zero attached hydrogens (tertiary/aromatic N) is 2. The summed E-state index contributed by atoms with van der Waals surface area (Å²) in [5.41, 5.74) is 2.15. The van der Waals surface area contributed by atoms with Crippen molar-refractivity contribution in [3.63, 3.8) is 0 Å². The van der Waals surface area contributed by atoms with Crippen molar-refractivity contribution in [2.45, 2.75) is 31.3 Å². The highest BCUT2D eigenvalue weighted by Crippen LogP contribution is 2.28. The second-order valence-corrected chi connectivity index (χ2v) is 7.17. The third kappa shape index (κ3) is 3.77. The molecule has 2 unspecified atom stereocenters. The summed E-state index contributed by atoms with van der Waals surface area (Å²) in [6, 6.07) is 6.26.